The van der Waals surface area contributed by atoms with E-state index in [2.05, 4.69) is 4.98 Å². The van der Waals surface area contributed by atoms with Crippen molar-refractivity contribution < 1.29 is 19.0 Å². The summed E-state index contributed by atoms with van der Waals surface area (Å²) >= 11 is 1.07. The van der Waals surface area contributed by atoms with Crippen molar-refractivity contribution in [2.75, 3.05) is 21.3 Å². The lowest BCUT2D eigenvalue weighted by Gasteiger charge is -2.13. The van der Waals surface area contributed by atoms with Gasteiger partial charge in [-0.1, -0.05) is 11.3 Å². The number of aromatic amines is 1. The molecule has 1 aromatic heterocycles. The molecule has 0 saturated carbocycles. The van der Waals surface area contributed by atoms with E-state index in [1.165, 1.54) is 21.3 Å². The second kappa shape index (κ2) is 6.37. The van der Waals surface area contributed by atoms with Crippen molar-refractivity contribution in [2.24, 2.45) is 0 Å². The molecule has 7 heteroatoms. The van der Waals surface area contributed by atoms with E-state index in [1.807, 2.05) is 0 Å². The van der Waals surface area contributed by atoms with Crippen LogP contribution in [0.25, 0.3) is 10.2 Å². The average Bonchev–Trinajstić information content (AvgIpc) is 2.98. The quantitative estimate of drug-likeness (QED) is 0.720. The number of H-pyrrole nitrogens is 1. The number of fused-ring (bicyclic) bond motifs is 1. The van der Waals surface area contributed by atoms with Gasteiger partial charge in [0, 0.05) is 11.1 Å². The Balaban J connectivity index is 2.09. The van der Waals surface area contributed by atoms with Crippen LogP contribution in [-0.4, -0.2) is 32.1 Å². The fourth-order valence-electron chi connectivity index (χ4n) is 2.47. The van der Waals surface area contributed by atoms with Gasteiger partial charge in [-0.25, -0.2) is 0 Å². The Morgan fingerprint density at radius 1 is 0.958 bits per heavy atom. The Morgan fingerprint density at radius 3 is 2.21 bits per heavy atom. The number of rotatable bonds is 5. The molecule has 0 aliphatic rings. The van der Waals surface area contributed by atoms with Crippen LogP contribution in [0.15, 0.2) is 35.1 Å². The molecular formula is C17H15NO5S. The summed E-state index contributed by atoms with van der Waals surface area (Å²) in [6.07, 6.45) is 0. The molecule has 0 aliphatic heterocycles. The highest BCUT2D eigenvalue weighted by Gasteiger charge is 2.18. The minimum absolute atomic E-state index is 0.151. The van der Waals surface area contributed by atoms with E-state index in [-0.39, 0.29) is 10.7 Å². The van der Waals surface area contributed by atoms with Crippen LogP contribution in [-0.2, 0) is 0 Å². The first kappa shape index (κ1) is 16.1. The smallest absolute Gasteiger partial charge is 0.305 e. The van der Waals surface area contributed by atoms with Gasteiger partial charge in [-0.05, 0) is 30.3 Å². The van der Waals surface area contributed by atoms with Crippen molar-refractivity contribution in [2.45, 2.75) is 0 Å². The van der Waals surface area contributed by atoms with Gasteiger partial charge >= 0.3 is 4.87 Å². The molecule has 0 amide bonds. The standard InChI is InChI=1S/C17H15NO5S/c1-21-12-6-10(7-13(22-2)16(12)23-3)15(19)9-4-5-11-14(8-9)24-17(20)18-11/h4-8H,1-3H3,(H,18,20). The lowest BCUT2D eigenvalue weighted by Crippen LogP contribution is -2.04. The number of hydrogen-bond donors (Lipinski definition) is 1. The van der Waals surface area contributed by atoms with Crippen LogP contribution in [0.5, 0.6) is 17.2 Å². The number of ketones is 1. The second-order valence-electron chi connectivity index (χ2n) is 4.97. The first-order valence-corrected chi connectivity index (χ1v) is 7.86. The molecule has 124 valence electrons. The third-order valence-corrected chi connectivity index (χ3v) is 4.46. The molecule has 0 saturated heterocycles. The Morgan fingerprint density at radius 2 is 1.62 bits per heavy atom. The SMILES string of the molecule is COc1cc(C(=O)c2ccc3[nH]c(=O)sc3c2)cc(OC)c1OC. The van der Waals surface area contributed by atoms with E-state index < -0.39 is 0 Å². The highest BCUT2D eigenvalue weighted by molar-refractivity contribution is 7.16. The van der Waals surface area contributed by atoms with E-state index >= 15 is 0 Å². The fourth-order valence-corrected chi connectivity index (χ4v) is 3.24. The summed E-state index contributed by atoms with van der Waals surface area (Å²) in [6, 6.07) is 8.30. The Bertz CT molecular complexity index is 948. The molecule has 2 aromatic carbocycles. The van der Waals surface area contributed by atoms with Gasteiger partial charge in [-0.15, -0.1) is 0 Å². The van der Waals surface area contributed by atoms with Crippen LogP contribution in [0.3, 0.4) is 0 Å². The van der Waals surface area contributed by atoms with Crippen LogP contribution in [0.2, 0.25) is 0 Å². The summed E-state index contributed by atoms with van der Waals surface area (Å²) in [6.45, 7) is 0. The topological polar surface area (TPSA) is 77.6 Å². The molecule has 0 fully saturated rings. The molecule has 1 heterocycles. The van der Waals surface area contributed by atoms with Crippen LogP contribution in [0.4, 0.5) is 0 Å². The first-order chi connectivity index (χ1) is 11.6. The van der Waals surface area contributed by atoms with Crippen molar-refractivity contribution in [3.05, 3.63) is 51.1 Å². The summed E-state index contributed by atoms with van der Waals surface area (Å²) in [5, 5.41) is 0. The van der Waals surface area contributed by atoms with Gasteiger partial charge in [-0.2, -0.15) is 0 Å². The van der Waals surface area contributed by atoms with Gasteiger partial charge in [0.25, 0.3) is 0 Å². The average molecular weight is 345 g/mol. The van der Waals surface area contributed by atoms with Crippen LogP contribution < -0.4 is 19.1 Å². The van der Waals surface area contributed by atoms with Gasteiger partial charge in [0.05, 0.1) is 31.5 Å². The second-order valence-corrected chi connectivity index (χ2v) is 5.98. The first-order valence-electron chi connectivity index (χ1n) is 7.05. The molecule has 6 nitrogen and oxygen atoms in total. The molecular weight excluding hydrogens is 330 g/mol. The van der Waals surface area contributed by atoms with Gasteiger partial charge in [0.1, 0.15) is 0 Å². The van der Waals surface area contributed by atoms with Gasteiger partial charge in [0.2, 0.25) is 5.75 Å². The van der Waals surface area contributed by atoms with Crippen LogP contribution in [0.1, 0.15) is 15.9 Å². The van der Waals surface area contributed by atoms with Gasteiger partial charge in [0.15, 0.2) is 17.3 Å². The monoisotopic (exact) mass is 345 g/mol. The Labute approximate surface area is 141 Å². The maximum absolute atomic E-state index is 12.8. The number of ether oxygens (including phenoxy) is 3. The van der Waals surface area contributed by atoms with Crippen molar-refractivity contribution in [3.63, 3.8) is 0 Å². The number of carbonyl (C=O) groups excluding carboxylic acids is 1. The van der Waals surface area contributed by atoms with E-state index in [9.17, 15) is 9.59 Å². The molecule has 24 heavy (non-hydrogen) atoms. The number of methoxy groups -OCH3 is 3. The summed E-state index contributed by atoms with van der Waals surface area (Å²) in [7, 11) is 4.49. The third kappa shape index (κ3) is 2.74. The number of nitrogens with one attached hydrogen (secondary N) is 1. The van der Waals surface area contributed by atoms with Crippen molar-refractivity contribution in [1.82, 2.24) is 4.98 Å². The minimum Gasteiger partial charge on any atom is -0.493 e. The van der Waals surface area contributed by atoms with Crippen LogP contribution in [0, 0.1) is 0 Å². The highest BCUT2D eigenvalue weighted by atomic mass is 32.1. The zero-order valence-corrected chi connectivity index (χ0v) is 14.2. The molecule has 1 N–H and O–H groups in total. The molecule has 3 aromatic rings. The van der Waals surface area contributed by atoms with Crippen molar-refractivity contribution >= 4 is 27.3 Å². The zero-order valence-electron chi connectivity index (χ0n) is 13.3. The molecule has 0 aliphatic carbocycles. The summed E-state index contributed by atoms with van der Waals surface area (Å²) in [5.74, 6) is 1.05. The number of carbonyl (C=O) groups is 1. The van der Waals surface area contributed by atoms with E-state index in [1.54, 1.807) is 30.3 Å². The number of hydrogen-bond acceptors (Lipinski definition) is 6. The van der Waals surface area contributed by atoms with Crippen molar-refractivity contribution in [1.29, 1.82) is 0 Å². The van der Waals surface area contributed by atoms with E-state index in [0.717, 1.165) is 16.0 Å². The van der Waals surface area contributed by atoms with Crippen molar-refractivity contribution in [3.8, 4) is 17.2 Å². The van der Waals surface area contributed by atoms with Gasteiger partial charge < -0.3 is 19.2 Å². The normalized spacial score (nSPS) is 10.6. The molecule has 0 atom stereocenters. The largest absolute Gasteiger partial charge is 0.493 e. The predicted molar refractivity (Wildman–Crippen MR) is 92.0 cm³/mol. The molecule has 0 unspecified atom stereocenters. The zero-order chi connectivity index (χ0) is 17.3. The highest BCUT2D eigenvalue weighted by Crippen LogP contribution is 2.38. The summed E-state index contributed by atoms with van der Waals surface area (Å²) < 4.78 is 16.6. The number of aromatic nitrogens is 1. The Kier molecular flexibility index (Phi) is 4.26. The number of benzene rings is 2. The fraction of sp³-hybridized carbons (Fsp3) is 0.176. The molecule has 3 rings (SSSR count). The Hall–Kier alpha value is -2.80. The predicted octanol–water partition coefficient (Wildman–Crippen LogP) is 2.85. The van der Waals surface area contributed by atoms with Crippen LogP contribution >= 0.6 is 11.3 Å². The lowest BCUT2D eigenvalue weighted by molar-refractivity contribution is 0.103. The maximum Gasteiger partial charge on any atom is 0.305 e. The molecule has 0 radical (unpaired) electrons. The summed E-state index contributed by atoms with van der Waals surface area (Å²) in [5.41, 5.74) is 1.60. The van der Waals surface area contributed by atoms with Gasteiger partial charge in [-0.3, -0.25) is 9.59 Å². The minimum atomic E-state index is -0.197. The maximum atomic E-state index is 12.8. The third-order valence-electron chi connectivity index (χ3n) is 3.61. The number of thiazole rings is 1. The van der Waals surface area contributed by atoms with E-state index in [4.69, 9.17) is 14.2 Å². The molecule has 0 bridgehead atoms. The van der Waals surface area contributed by atoms with E-state index in [0.29, 0.717) is 33.9 Å². The summed E-state index contributed by atoms with van der Waals surface area (Å²) in [4.78, 5) is 26.8. The lowest BCUT2D eigenvalue weighted by atomic mass is 10.0. The molecule has 0 spiro atoms.